The van der Waals surface area contributed by atoms with Crippen molar-refractivity contribution >= 4 is 0 Å². The Morgan fingerprint density at radius 2 is 1.88 bits per heavy atom. The maximum Gasteiger partial charge on any atom is 0.419 e. The quantitative estimate of drug-likeness (QED) is 0.798. The molecule has 0 amide bonds. The van der Waals surface area contributed by atoms with Crippen LogP contribution in [0.5, 0.6) is 0 Å². The third-order valence-electron chi connectivity index (χ3n) is 3.51. The molecule has 0 saturated heterocycles. The zero-order valence-corrected chi connectivity index (χ0v) is 9.31. The van der Waals surface area contributed by atoms with Crippen LogP contribution in [0.4, 0.5) is 17.6 Å². The summed E-state index contributed by atoms with van der Waals surface area (Å²) in [7, 11) is 0. The van der Waals surface area contributed by atoms with E-state index in [0.717, 1.165) is 25.0 Å². The van der Waals surface area contributed by atoms with Crippen LogP contribution in [0.15, 0.2) is 18.2 Å². The van der Waals surface area contributed by atoms with Gasteiger partial charge < -0.3 is 5.73 Å². The molecule has 0 radical (unpaired) electrons. The normalized spacial score (nSPS) is 20.1. The van der Waals surface area contributed by atoms with E-state index in [1.807, 2.05) is 0 Å². The Bertz CT molecular complexity index is 433. The molecule has 2 rings (SSSR count). The predicted octanol–water partition coefficient (Wildman–Crippen LogP) is 3.22. The van der Waals surface area contributed by atoms with E-state index in [1.165, 1.54) is 6.07 Å². The van der Waals surface area contributed by atoms with Gasteiger partial charge in [-0.3, -0.25) is 0 Å². The Labute approximate surface area is 96.6 Å². The van der Waals surface area contributed by atoms with Gasteiger partial charge in [0.1, 0.15) is 5.82 Å². The van der Waals surface area contributed by atoms with Crippen molar-refractivity contribution in [3.63, 3.8) is 0 Å². The lowest BCUT2D eigenvalue weighted by atomic mass is 9.89. The summed E-state index contributed by atoms with van der Waals surface area (Å²) >= 11 is 0. The second kappa shape index (κ2) is 3.70. The molecule has 1 fully saturated rings. The van der Waals surface area contributed by atoms with Gasteiger partial charge in [-0.05, 0) is 37.5 Å². The molecule has 1 atom stereocenters. The largest absolute Gasteiger partial charge is 0.419 e. The number of alkyl halides is 3. The van der Waals surface area contributed by atoms with E-state index in [9.17, 15) is 17.6 Å². The lowest BCUT2D eigenvalue weighted by Gasteiger charge is -2.21. The van der Waals surface area contributed by atoms with Crippen LogP contribution in [0.3, 0.4) is 0 Å². The Morgan fingerprint density at radius 3 is 2.24 bits per heavy atom. The summed E-state index contributed by atoms with van der Waals surface area (Å²) in [5, 5.41) is 0. The molecule has 17 heavy (non-hydrogen) atoms. The molecule has 1 nitrogen and oxygen atoms in total. The van der Waals surface area contributed by atoms with Gasteiger partial charge in [-0.25, -0.2) is 4.39 Å². The fraction of sp³-hybridized carbons (Fsp3) is 0.500. The van der Waals surface area contributed by atoms with Gasteiger partial charge in [0.25, 0.3) is 0 Å². The minimum absolute atomic E-state index is 0.182. The molecule has 94 valence electrons. The summed E-state index contributed by atoms with van der Waals surface area (Å²) in [6, 6.07) is 2.92. The number of hydrogen-bond donors (Lipinski definition) is 1. The third-order valence-corrected chi connectivity index (χ3v) is 3.51. The summed E-state index contributed by atoms with van der Waals surface area (Å²) in [4.78, 5) is 0. The highest BCUT2D eigenvalue weighted by Gasteiger charge is 2.48. The molecule has 0 aromatic heterocycles. The average molecular weight is 247 g/mol. The summed E-state index contributed by atoms with van der Waals surface area (Å²) in [6.07, 6.45) is -3.04. The lowest BCUT2D eigenvalue weighted by Crippen LogP contribution is -2.31. The zero-order chi connectivity index (χ0) is 12.8. The summed E-state index contributed by atoms with van der Waals surface area (Å²) < 4.78 is 50.6. The first-order valence-corrected chi connectivity index (χ1v) is 5.40. The molecule has 0 bridgehead atoms. The molecule has 1 aliphatic carbocycles. The minimum atomic E-state index is -4.65. The van der Waals surface area contributed by atoms with Crippen molar-refractivity contribution in [2.75, 3.05) is 0 Å². The van der Waals surface area contributed by atoms with Crippen molar-refractivity contribution < 1.29 is 17.6 Å². The van der Waals surface area contributed by atoms with Crippen LogP contribution >= 0.6 is 0 Å². The Balaban J connectivity index is 2.39. The van der Waals surface area contributed by atoms with Crippen LogP contribution in [0.1, 0.15) is 30.9 Å². The molecule has 1 aliphatic rings. The van der Waals surface area contributed by atoms with Crippen LogP contribution in [-0.4, -0.2) is 6.04 Å². The third kappa shape index (κ3) is 2.04. The van der Waals surface area contributed by atoms with E-state index < -0.39 is 17.6 Å². The maximum absolute atomic E-state index is 13.4. The van der Waals surface area contributed by atoms with Gasteiger partial charge in [0.2, 0.25) is 0 Å². The van der Waals surface area contributed by atoms with Crippen molar-refractivity contribution in [1.82, 2.24) is 0 Å². The van der Waals surface area contributed by atoms with Crippen LogP contribution in [0, 0.1) is 5.82 Å². The summed E-state index contributed by atoms with van der Waals surface area (Å²) in [5.41, 5.74) is 4.81. The van der Waals surface area contributed by atoms with Crippen molar-refractivity contribution in [2.24, 2.45) is 5.73 Å². The van der Waals surface area contributed by atoms with E-state index in [1.54, 1.807) is 6.92 Å². The van der Waals surface area contributed by atoms with Crippen LogP contribution in [0.25, 0.3) is 0 Å². The first kappa shape index (κ1) is 12.4. The molecule has 0 aliphatic heterocycles. The summed E-state index contributed by atoms with van der Waals surface area (Å²) in [6.45, 7) is 1.79. The SMILES string of the molecule is CC(N)C1(c2ccc(C(F)(F)F)c(F)c2)CC1. The van der Waals surface area contributed by atoms with E-state index in [-0.39, 0.29) is 11.5 Å². The standard InChI is InChI=1S/C12H13F4N/c1-7(17)11(4-5-11)8-2-3-9(10(13)6-8)12(14,15)16/h2-3,6-7H,4-5,17H2,1H3. The molecule has 2 N–H and O–H groups in total. The molecule has 1 unspecified atom stereocenters. The van der Waals surface area contributed by atoms with Crippen LogP contribution < -0.4 is 5.73 Å². The fourth-order valence-corrected chi connectivity index (χ4v) is 2.20. The van der Waals surface area contributed by atoms with Gasteiger partial charge in [0.05, 0.1) is 5.56 Å². The predicted molar refractivity (Wildman–Crippen MR) is 56.0 cm³/mol. The van der Waals surface area contributed by atoms with Crippen molar-refractivity contribution in [3.8, 4) is 0 Å². The van der Waals surface area contributed by atoms with Gasteiger partial charge in [-0.2, -0.15) is 13.2 Å². The maximum atomic E-state index is 13.4. The van der Waals surface area contributed by atoms with Crippen molar-refractivity contribution in [3.05, 3.63) is 35.1 Å². The highest BCUT2D eigenvalue weighted by molar-refractivity contribution is 5.37. The van der Waals surface area contributed by atoms with Gasteiger partial charge >= 0.3 is 6.18 Å². The topological polar surface area (TPSA) is 26.0 Å². The van der Waals surface area contributed by atoms with Gasteiger partial charge in [-0.1, -0.05) is 6.07 Å². The van der Waals surface area contributed by atoms with Crippen LogP contribution in [0.2, 0.25) is 0 Å². The highest BCUT2D eigenvalue weighted by Crippen LogP contribution is 2.50. The molecule has 1 saturated carbocycles. The lowest BCUT2D eigenvalue weighted by molar-refractivity contribution is -0.140. The number of rotatable bonds is 2. The molecule has 5 heteroatoms. The second-order valence-corrected chi connectivity index (χ2v) is 4.64. The monoisotopic (exact) mass is 247 g/mol. The van der Waals surface area contributed by atoms with Gasteiger partial charge in [0, 0.05) is 11.5 Å². The Kier molecular flexibility index (Phi) is 2.69. The Morgan fingerprint density at radius 1 is 1.29 bits per heavy atom. The fourth-order valence-electron chi connectivity index (χ4n) is 2.20. The number of nitrogens with two attached hydrogens (primary N) is 1. The zero-order valence-electron chi connectivity index (χ0n) is 9.31. The molecule has 1 aromatic rings. The van der Waals surface area contributed by atoms with Crippen LogP contribution in [-0.2, 0) is 11.6 Å². The molecule has 1 aromatic carbocycles. The number of halogens is 4. The van der Waals surface area contributed by atoms with E-state index in [4.69, 9.17) is 5.73 Å². The van der Waals surface area contributed by atoms with Crippen molar-refractivity contribution in [1.29, 1.82) is 0 Å². The number of hydrogen-bond acceptors (Lipinski definition) is 1. The number of benzene rings is 1. The minimum Gasteiger partial charge on any atom is -0.327 e. The van der Waals surface area contributed by atoms with Gasteiger partial charge in [0.15, 0.2) is 0 Å². The first-order chi connectivity index (χ1) is 7.77. The average Bonchev–Trinajstić information content (AvgIpc) is 2.95. The smallest absolute Gasteiger partial charge is 0.327 e. The molecule has 0 spiro atoms. The summed E-state index contributed by atoms with van der Waals surface area (Å²) in [5.74, 6) is -1.22. The second-order valence-electron chi connectivity index (χ2n) is 4.64. The van der Waals surface area contributed by atoms with E-state index in [2.05, 4.69) is 0 Å². The Hall–Kier alpha value is -1.10. The first-order valence-electron chi connectivity index (χ1n) is 5.40. The highest BCUT2D eigenvalue weighted by atomic mass is 19.4. The van der Waals surface area contributed by atoms with Crippen molar-refractivity contribution in [2.45, 2.75) is 37.4 Å². The van der Waals surface area contributed by atoms with E-state index in [0.29, 0.717) is 5.56 Å². The van der Waals surface area contributed by atoms with E-state index >= 15 is 0 Å². The molecule has 0 heterocycles. The molecular formula is C12H13F4N. The van der Waals surface area contributed by atoms with Gasteiger partial charge in [-0.15, -0.1) is 0 Å². The molecular weight excluding hydrogens is 234 g/mol.